The van der Waals surface area contributed by atoms with E-state index in [1.807, 2.05) is 29.2 Å². The van der Waals surface area contributed by atoms with Crippen molar-refractivity contribution >= 4 is 22.9 Å². The molecule has 1 saturated heterocycles. The van der Waals surface area contributed by atoms with Crippen LogP contribution in [0.5, 0.6) is 5.75 Å². The van der Waals surface area contributed by atoms with Gasteiger partial charge in [-0.2, -0.15) is 0 Å². The third-order valence-corrected chi connectivity index (χ3v) is 4.90. The standard InChI is InChI=1S/C21H21N3O4/c22-19(25)13-27-16-5-3-4-15(12-16)21(26)24-10-8-14(9-11-24)20-23-17-6-1-2-7-18(17)28-20/h1-7,12,14H,8-11,13H2,(H2,22,25). The van der Waals surface area contributed by atoms with E-state index >= 15 is 0 Å². The molecule has 2 N–H and O–H groups in total. The molecule has 1 aromatic heterocycles. The van der Waals surface area contributed by atoms with Gasteiger partial charge in [-0.1, -0.05) is 18.2 Å². The van der Waals surface area contributed by atoms with E-state index in [4.69, 9.17) is 14.9 Å². The predicted molar refractivity (Wildman–Crippen MR) is 103 cm³/mol. The van der Waals surface area contributed by atoms with E-state index in [1.165, 1.54) is 0 Å². The fourth-order valence-electron chi connectivity index (χ4n) is 3.45. The lowest BCUT2D eigenvalue weighted by Crippen LogP contribution is -2.38. The Morgan fingerprint density at radius 2 is 1.93 bits per heavy atom. The van der Waals surface area contributed by atoms with Crippen LogP contribution in [0.1, 0.15) is 35.0 Å². The predicted octanol–water partition coefficient (Wildman–Crippen LogP) is 2.71. The smallest absolute Gasteiger partial charge is 0.255 e. The lowest BCUT2D eigenvalue weighted by Gasteiger charge is -2.30. The number of ether oxygens (including phenoxy) is 1. The molecule has 28 heavy (non-hydrogen) atoms. The summed E-state index contributed by atoms with van der Waals surface area (Å²) < 4.78 is 11.2. The Morgan fingerprint density at radius 3 is 2.68 bits per heavy atom. The maximum atomic E-state index is 12.8. The van der Waals surface area contributed by atoms with E-state index < -0.39 is 5.91 Å². The van der Waals surface area contributed by atoms with Crippen LogP contribution in [-0.2, 0) is 4.79 Å². The van der Waals surface area contributed by atoms with E-state index in [-0.39, 0.29) is 18.4 Å². The molecule has 0 spiro atoms. The van der Waals surface area contributed by atoms with E-state index in [2.05, 4.69) is 4.98 Å². The number of nitrogens with two attached hydrogens (primary N) is 1. The molecular weight excluding hydrogens is 358 g/mol. The number of benzene rings is 2. The number of para-hydroxylation sites is 2. The molecule has 7 heteroatoms. The van der Waals surface area contributed by atoms with Crippen molar-refractivity contribution in [2.24, 2.45) is 5.73 Å². The maximum absolute atomic E-state index is 12.8. The number of nitrogens with zero attached hydrogens (tertiary/aromatic N) is 2. The molecule has 0 saturated carbocycles. The van der Waals surface area contributed by atoms with E-state index in [0.29, 0.717) is 24.4 Å². The number of amides is 2. The minimum atomic E-state index is -0.557. The van der Waals surface area contributed by atoms with Crippen molar-refractivity contribution in [3.63, 3.8) is 0 Å². The van der Waals surface area contributed by atoms with Crippen LogP contribution in [0.15, 0.2) is 52.9 Å². The summed E-state index contributed by atoms with van der Waals surface area (Å²) in [6, 6.07) is 14.5. The second-order valence-electron chi connectivity index (χ2n) is 6.87. The van der Waals surface area contributed by atoms with Gasteiger partial charge in [-0.25, -0.2) is 4.98 Å². The Labute approximate surface area is 162 Å². The van der Waals surface area contributed by atoms with Crippen LogP contribution in [0.2, 0.25) is 0 Å². The molecule has 3 aromatic rings. The molecule has 0 aliphatic carbocycles. The minimum absolute atomic E-state index is 0.0551. The average molecular weight is 379 g/mol. The van der Waals surface area contributed by atoms with Gasteiger partial charge in [0, 0.05) is 24.6 Å². The number of piperidine rings is 1. The number of carbonyl (C=O) groups is 2. The first-order valence-corrected chi connectivity index (χ1v) is 9.26. The molecule has 2 amide bonds. The van der Waals surface area contributed by atoms with Crippen LogP contribution in [0.3, 0.4) is 0 Å². The van der Waals surface area contributed by atoms with Crippen LogP contribution in [0, 0.1) is 0 Å². The van der Waals surface area contributed by atoms with Gasteiger partial charge >= 0.3 is 0 Å². The molecule has 0 radical (unpaired) electrons. The lowest BCUT2D eigenvalue weighted by molar-refractivity contribution is -0.119. The summed E-state index contributed by atoms with van der Waals surface area (Å²) >= 11 is 0. The van der Waals surface area contributed by atoms with Crippen LogP contribution in [0.25, 0.3) is 11.1 Å². The summed E-state index contributed by atoms with van der Waals surface area (Å²) in [5.41, 5.74) is 7.28. The Balaban J connectivity index is 1.40. The molecule has 1 aliphatic heterocycles. The fraction of sp³-hybridized carbons (Fsp3) is 0.286. The fourth-order valence-corrected chi connectivity index (χ4v) is 3.45. The highest BCUT2D eigenvalue weighted by atomic mass is 16.5. The molecule has 2 heterocycles. The zero-order valence-corrected chi connectivity index (χ0v) is 15.3. The quantitative estimate of drug-likeness (QED) is 0.735. The average Bonchev–Trinajstić information content (AvgIpc) is 3.16. The summed E-state index contributed by atoms with van der Waals surface area (Å²) in [6.45, 7) is 1.05. The highest BCUT2D eigenvalue weighted by Crippen LogP contribution is 2.30. The largest absolute Gasteiger partial charge is 0.484 e. The van der Waals surface area contributed by atoms with Gasteiger partial charge in [0.2, 0.25) is 0 Å². The summed E-state index contributed by atoms with van der Waals surface area (Å²) in [5, 5.41) is 0. The van der Waals surface area contributed by atoms with Crippen molar-refractivity contribution in [2.75, 3.05) is 19.7 Å². The van der Waals surface area contributed by atoms with Gasteiger partial charge in [-0.05, 0) is 43.2 Å². The topological polar surface area (TPSA) is 98.7 Å². The Kier molecular flexibility index (Phi) is 4.97. The van der Waals surface area contributed by atoms with Crippen molar-refractivity contribution in [2.45, 2.75) is 18.8 Å². The second-order valence-corrected chi connectivity index (χ2v) is 6.87. The van der Waals surface area contributed by atoms with Gasteiger partial charge in [0.1, 0.15) is 11.3 Å². The number of likely N-dealkylation sites (tertiary alicyclic amines) is 1. The van der Waals surface area contributed by atoms with Crippen LogP contribution >= 0.6 is 0 Å². The number of fused-ring (bicyclic) bond motifs is 1. The highest BCUT2D eigenvalue weighted by Gasteiger charge is 2.27. The minimum Gasteiger partial charge on any atom is -0.484 e. The molecule has 2 aromatic carbocycles. The molecule has 1 fully saturated rings. The van der Waals surface area contributed by atoms with E-state index in [1.54, 1.807) is 24.3 Å². The highest BCUT2D eigenvalue weighted by molar-refractivity contribution is 5.94. The van der Waals surface area contributed by atoms with Gasteiger partial charge in [0.25, 0.3) is 11.8 Å². The summed E-state index contributed by atoms with van der Waals surface area (Å²) in [5.74, 6) is 0.793. The normalized spacial score (nSPS) is 14.9. The maximum Gasteiger partial charge on any atom is 0.255 e. The van der Waals surface area contributed by atoms with Crippen molar-refractivity contribution in [1.82, 2.24) is 9.88 Å². The van der Waals surface area contributed by atoms with Crippen LogP contribution < -0.4 is 10.5 Å². The molecule has 0 atom stereocenters. The molecule has 4 rings (SSSR count). The van der Waals surface area contributed by atoms with E-state index in [0.717, 1.165) is 29.8 Å². The second kappa shape index (κ2) is 7.72. The van der Waals surface area contributed by atoms with Gasteiger partial charge < -0.3 is 19.8 Å². The van der Waals surface area contributed by atoms with Gasteiger partial charge in [-0.3, -0.25) is 9.59 Å². The number of hydrogen-bond acceptors (Lipinski definition) is 5. The molecular formula is C21H21N3O4. The first-order valence-electron chi connectivity index (χ1n) is 9.26. The zero-order chi connectivity index (χ0) is 19.5. The Bertz CT molecular complexity index is 973. The van der Waals surface area contributed by atoms with Gasteiger partial charge in [0.15, 0.2) is 18.1 Å². The first-order chi connectivity index (χ1) is 13.6. The van der Waals surface area contributed by atoms with Crippen molar-refractivity contribution < 1.29 is 18.7 Å². The van der Waals surface area contributed by atoms with Crippen molar-refractivity contribution in [3.8, 4) is 5.75 Å². The van der Waals surface area contributed by atoms with Crippen LogP contribution in [-0.4, -0.2) is 41.4 Å². The number of rotatable bonds is 5. The van der Waals surface area contributed by atoms with Crippen molar-refractivity contribution in [3.05, 3.63) is 60.0 Å². The number of primary amides is 1. The number of oxazole rings is 1. The monoisotopic (exact) mass is 379 g/mol. The summed E-state index contributed by atoms with van der Waals surface area (Å²) in [4.78, 5) is 30.1. The van der Waals surface area contributed by atoms with Gasteiger partial charge in [-0.15, -0.1) is 0 Å². The molecule has 144 valence electrons. The third kappa shape index (κ3) is 3.83. The summed E-state index contributed by atoms with van der Waals surface area (Å²) in [7, 11) is 0. The molecule has 1 aliphatic rings. The SMILES string of the molecule is NC(=O)COc1cccc(C(=O)N2CCC(c3nc4ccccc4o3)CC2)c1. The summed E-state index contributed by atoms with van der Waals surface area (Å²) in [6.07, 6.45) is 1.60. The molecule has 0 unspecified atom stereocenters. The first kappa shape index (κ1) is 18.0. The van der Waals surface area contributed by atoms with Gasteiger partial charge in [0.05, 0.1) is 0 Å². The number of carbonyl (C=O) groups excluding carboxylic acids is 2. The zero-order valence-electron chi connectivity index (χ0n) is 15.3. The Morgan fingerprint density at radius 1 is 1.14 bits per heavy atom. The lowest BCUT2D eigenvalue weighted by atomic mass is 9.96. The molecule has 0 bridgehead atoms. The molecule has 7 nitrogen and oxygen atoms in total. The van der Waals surface area contributed by atoms with Crippen molar-refractivity contribution in [1.29, 1.82) is 0 Å². The number of aromatic nitrogens is 1. The third-order valence-electron chi connectivity index (χ3n) is 4.90. The number of hydrogen-bond donors (Lipinski definition) is 1. The van der Waals surface area contributed by atoms with Crippen LogP contribution in [0.4, 0.5) is 0 Å². The Hall–Kier alpha value is -3.35. The van der Waals surface area contributed by atoms with E-state index in [9.17, 15) is 9.59 Å².